The van der Waals surface area contributed by atoms with Crippen molar-refractivity contribution in [3.63, 3.8) is 0 Å². The normalized spacial score (nSPS) is 16.7. The summed E-state index contributed by atoms with van der Waals surface area (Å²) in [5.74, 6) is 0. The number of aromatic nitrogens is 2. The van der Waals surface area contributed by atoms with Crippen molar-refractivity contribution in [1.29, 1.82) is 0 Å². The Bertz CT molecular complexity index is 902. The molecule has 0 N–H and O–H groups in total. The SMILES string of the molecule is Cc1ccc(-c2c3c(nn2-c2ccc(C)cc2)CCC(N(C)C)C3)cc1. The van der Waals surface area contributed by atoms with Crippen molar-refractivity contribution in [3.8, 4) is 16.9 Å². The first-order chi connectivity index (χ1) is 12.5. The highest BCUT2D eigenvalue weighted by Crippen LogP contribution is 2.34. The zero-order chi connectivity index (χ0) is 18.3. The highest BCUT2D eigenvalue weighted by atomic mass is 15.3. The molecule has 0 saturated heterocycles. The second-order valence-electron chi connectivity index (χ2n) is 7.75. The Hall–Kier alpha value is -2.39. The highest BCUT2D eigenvalue weighted by Gasteiger charge is 2.28. The van der Waals surface area contributed by atoms with Crippen LogP contribution in [0.1, 0.15) is 28.8 Å². The van der Waals surface area contributed by atoms with E-state index in [0.717, 1.165) is 18.5 Å². The Balaban J connectivity index is 1.89. The second-order valence-corrected chi connectivity index (χ2v) is 7.75. The van der Waals surface area contributed by atoms with Crippen molar-refractivity contribution in [2.45, 2.75) is 39.2 Å². The van der Waals surface area contributed by atoms with Gasteiger partial charge in [-0.15, -0.1) is 0 Å². The second kappa shape index (κ2) is 6.73. The third-order valence-electron chi connectivity index (χ3n) is 5.55. The molecule has 2 aromatic carbocycles. The van der Waals surface area contributed by atoms with Gasteiger partial charge >= 0.3 is 0 Å². The third kappa shape index (κ3) is 3.08. The monoisotopic (exact) mass is 345 g/mol. The Morgan fingerprint density at radius 2 is 1.54 bits per heavy atom. The minimum atomic E-state index is 0.586. The first kappa shape index (κ1) is 17.0. The first-order valence-electron chi connectivity index (χ1n) is 9.44. The maximum Gasteiger partial charge on any atom is 0.0776 e. The molecule has 3 heteroatoms. The molecule has 0 radical (unpaired) electrons. The van der Waals surface area contributed by atoms with E-state index in [2.05, 4.69) is 86.1 Å². The van der Waals surface area contributed by atoms with Crippen molar-refractivity contribution in [1.82, 2.24) is 14.7 Å². The summed E-state index contributed by atoms with van der Waals surface area (Å²) < 4.78 is 2.16. The molecule has 0 fully saturated rings. The van der Waals surface area contributed by atoms with Gasteiger partial charge in [0.25, 0.3) is 0 Å². The van der Waals surface area contributed by atoms with Gasteiger partial charge < -0.3 is 4.90 Å². The van der Waals surface area contributed by atoms with Crippen LogP contribution in [0.5, 0.6) is 0 Å². The maximum atomic E-state index is 5.04. The molecule has 0 amide bonds. The summed E-state index contributed by atoms with van der Waals surface area (Å²) in [5, 5.41) is 5.04. The van der Waals surface area contributed by atoms with Crippen molar-refractivity contribution in [2.75, 3.05) is 14.1 Å². The van der Waals surface area contributed by atoms with Crippen LogP contribution in [0.25, 0.3) is 16.9 Å². The predicted molar refractivity (Wildman–Crippen MR) is 108 cm³/mol. The molecule has 1 unspecified atom stereocenters. The molecule has 1 atom stereocenters. The number of rotatable bonds is 3. The molecule has 4 rings (SSSR count). The number of hydrogen-bond acceptors (Lipinski definition) is 2. The minimum absolute atomic E-state index is 0.586. The van der Waals surface area contributed by atoms with Gasteiger partial charge in [-0.1, -0.05) is 47.5 Å². The molecule has 0 saturated carbocycles. The van der Waals surface area contributed by atoms with Crippen molar-refractivity contribution in [2.24, 2.45) is 0 Å². The number of benzene rings is 2. The fraction of sp³-hybridized carbons (Fsp3) is 0.348. The third-order valence-corrected chi connectivity index (χ3v) is 5.55. The molecular weight excluding hydrogens is 318 g/mol. The summed E-state index contributed by atoms with van der Waals surface area (Å²) in [6.07, 6.45) is 3.30. The van der Waals surface area contributed by atoms with Gasteiger partial charge in [0, 0.05) is 17.2 Å². The molecular formula is C23H27N3. The lowest BCUT2D eigenvalue weighted by Crippen LogP contribution is -2.33. The Labute approximate surface area is 156 Å². The summed E-state index contributed by atoms with van der Waals surface area (Å²) >= 11 is 0. The number of fused-ring (bicyclic) bond motifs is 1. The molecule has 1 aliphatic rings. The average molecular weight is 345 g/mol. The minimum Gasteiger partial charge on any atom is -0.306 e. The fourth-order valence-electron chi connectivity index (χ4n) is 3.87. The lowest BCUT2D eigenvalue weighted by molar-refractivity contribution is 0.267. The van der Waals surface area contributed by atoms with Gasteiger partial charge in [-0.2, -0.15) is 5.10 Å². The lowest BCUT2D eigenvalue weighted by Gasteiger charge is -2.28. The van der Waals surface area contributed by atoms with Gasteiger partial charge in [0.1, 0.15) is 0 Å². The molecule has 3 aromatic rings. The van der Waals surface area contributed by atoms with Crippen LogP contribution < -0.4 is 0 Å². The van der Waals surface area contributed by atoms with Gasteiger partial charge in [0.15, 0.2) is 0 Å². The van der Waals surface area contributed by atoms with Crippen LogP contribution in [0.2, 0.25) is 0 Å². The Morgan fingerprint density at radius 3 is 2.15 bits per heavy atom. The predicted octanol–water partition coefficient (Wildman–Crippen LogP) is 4.58. The summed E-state index contributed by atoms with van der Waals surface area (Å²) in [5.41, 5.74) is 8.89. The van der Waals surface area contributed by atoms with E-state index in [0.29, 0.717) is 6.04 Å². The average Bonchev–Trinajstić information content (AvgIpc) is 3.01. The van der Waals surface area contributed by atoms with Gasteiger partial charge in [-0.05, 0) is 59.3 Å². The lowest BCUT2D eigenvalue weighted by atomic mass is 9.89. The van der Waals surface area contributed by atoms with Gasteiger partial charge in [0.2, 0.25) is 0 Å². The van der Waals surface area contributed by atoms with Gasteiger partial charge in [-0.3, -0.25) is 0 Å². The first-order valence-corrected chi connectivity index (χ1v) is 9.44. The quantitative estimate of drug-likeness (QED) is 0.693. The van der Waals surface area contributed by atoms with E-state index in [4.69, 9.17) is 5.10 Å². The van der Waals surface area contributed by atoms with E-state index in [1.165, 1.54) is 40.1 Å². The van der Waals surface area contributed by atoms with E-state index >= 15 is 0 Å². The largest absolute Gasteiger partial charge is 0.306 e. The van der Waals surface area contributed by atoms with Crippen LogP contribution in [-0.2, 0) is 12.8 Å². The number of likely N-dealkylation sites (N-methyl/N-ethyl adjacent to an activating group) is 1. The van der Waals surface area contributed by atoms with Crippen molar-refractivity contribution in [3.05, 3.63) is 70.9 Å². The van der Waals surface area contributed by atoms with Gasteiger partial charge in [-0.25, -0.2) is 4.68 Å². The number of aryl methyl sites for hydroxylation is 3. The van der Waals surface area contributed by atoms with Crippen LogP contribution >= 0.6 is 0 Å². The summed E-state index contributed by atoms with van der Waals surface area (Å²) in [6.45, 7) is 4.26. The molecule has 1 aromatic heterocycles. The molecule has 3 nitrogen and oxygen atoms in total. The molecule has 1 aliphatic carbocycles. The Morgan fingerprint density at radius 1 is 0.923 bits per heavy atom. The van der Waals surface area contributed by atoms with Gasteiger partial charge in [0.05, 0.1) is 17.1 Å². The van der Waals surface area contributed by atoms with E-state index in [1.54, 1.807) is 0 Å². The zero-order valence-corrected chi connectivity index (χ0v) is 16.2. The standard InChI is InChI=1S/C23H27N3/c1-16-5-9-18(10-6-16)23-21-15-20(25(3)4)13-14-22(21)24-26(23)19-11-7-17(2)8-12-19/h5-12,20H,13-15H2,1-4H3. The number of hydrogen-bond donors (Lipinski definition) is 0. The smallest absolute Gasteiger partial charge is 0.0776 e. The highest BCUT2D eigenvalue weighted by molar-refractivity contribution is 5.68. The van der Waals surface area contributed by atoms with Crippen LogP contribution in [-0.4, -0.2) is 34.8 Å². The molecule has 0 bridgehead atoms. The molecule has 1 heterocycles. The summed E-state index contributed by atoms with van der Waals surface area (Å²) in [4.78, 5) is 2.35. The van der Waals surface area contributed by atoms with E-state index in [-0.39, 0.29) is 0 Å². The summed E-state index contributed by atoms with van der Waals surface area (Å²) in [7, 11) is 4.37. The van der Waals surface area contributed by atoms with Crippen molar-refractivity contribution >= 4 is 0 Å². The van der Waals surface area contributed by atoms with Crippen molar-refractivity contribution < 1.29 is 0 Å². The fourth-order valence-corrected chi connectivity index (χ4v) is 3.87. The molecule has 134 valence electrons. The van der Waals surface area contributed by atoms with Crippen LogP contribution in [0, 0.1) is 13.8 Å². The van der Waals surface area contributed by atoms with E-state index in [1.807, 2.05) is 0 Å². The Kier molecular flexibility index (Phi) is 4.41. The topological polar surface area (TPSA) is 21.1 Å². The molecule has 0 aliphatic heterocycles. The molecule has 26 heavy (non-hydrogen) atoms. The maximum absolute atomic E-state index is 5.04. The molecule has 0 spiro atoms. The van der Waals surface area contributed by atoms with E-state index < -0.39 is 0 Å². The van der Waals surface area contributed by atoms with Crippen LogP contribution in [0.3, 0.4) is 0 Å². The number of nitrogens with zero attached hydrogens (tertiary/aromatic N) is 3. The zero-order valence-electron chi connectivity index (χ0n) is 16.2. The van der Waals surface area contributed by atoms with E-state index in [9.17, 15) is 0 Å². The van der Waals surface area contributed by atoms with Crippen LogP contribution in [0.4, 0.5) is 0 Å². The van der Waals surface area contributed by atoms with Crippen LogP contribution in [0.15, 0.2) is 48.5 Å². The summed E-state index contributed by atoms with van der Waals surface area (Å²) in [6, 6.07) is 18.1.